The van der Waals surface area contributed by atoms with E-state index in [0.717, 1.165) is 12.2 Å². The maximum atomic E-state index is 5.38. The van der Waals surface area contributed by atoms with Crippen molar-refractivity contribution in [1.82, 2.24) is 20.4 Å². The van der Waals surface area contributed by atoms with Gasteiger partial charge in [0.1, 0.15) is 0 Å². The Morgan fingerprint density at radius 3 is 2.43 bits per heavy atom. The molecule has 0 aliphatic heterocycles. The first kappa shape index (κ1) is 15.5. The van der Waals surface area contributed by atoms with Crippen LogP contribution in [0.25, 0.3) is 0 Å². The van der Waals surface area contributed by atoms with Gasteiger partial charge >= 0.3 is 0 Å². The lowest BCUT2D eigenvalue weighted by Crippen LogP contribution is -2.38. The minimum atomic E-state index is 0.0840. The molecular formula is C16H22N4S. The molecule has 0 bridgehead atoms. The Labute approximate surface area is 131 Å². The summed E-state index contributed by atoms with van der Waals surface area (Å²) in [5, 5.41) is 11.7. The molecule has 5 heteroatoms. The van der Waals surface area contributed by atoms with Crippen LogP contribution in [0.5, 0.6) is 0 Å². The summed E-state index contributed by atoms with van der Waals surface area (Å²) in [4.78, 5) is 0. The summed E-state index contributed by atoms with van der Waals surface area (Å²) < 4.78 is 1.91. The summed E-state index contributed by atoms with van der Waals surface area (Å²) in [7, 11) is 0. The third-order valence-electron chi connectivity index (χ3n) is 3.42. The molecule has 2 unspecified atom stereocenters. The molecule has 0 radical (unpaired) electrons. The van der Waals surface area contributed by atoms with Gasteiger partial charge in [0.25, 0.3) is 0 Å². The number of hydrogen-bond acceptors (Lipinski definition) is 2. The van der Waals surface area contributed by atoms with E-state index in [9.17, 15) is 0 Å². The fraction of sp³-hybridized carbons (Fsp3) is 0.375. The predicted octanol–water partition coefficient (Wildman–Crippen LogP) is 3.19. The van der Waals surface area contributed by atoms with Gasteiger partial charge in [0, 0.05) is 12.7 Å². The van der Waals surface area contributed by atoms with Crippen LogP contribution in [-0.4, -0.2) is 14.9 Å². The van der Waals surface area contributed by atoms with Gasteiger partial charge in [-0.1, -0.05) is 30.3 Å². The van der Waals surface area contributed by atoms with Gasteiger partial charge in [-0.2, -0.15) is 5.10 Å². The molecule has 2 N–H and O–H groups in total. The smallest absolute Gasteiger partial charge is 0.167 e. The standard InChI is InChI=1S/C16H22N4S/c1-4-20-11-10-15(19-20)13(3)18-16(21)17-12(2)14-8-6-5-7-9-14/h5-13H,4H2,1-3H3,(H2,17,18,21). The molecule has 4 nitrogen and oxygen atoms in total. The molecule has 112 valence electrons. The van der Waals surface area contributed by atoms with Crippen molar-refractivity contribution in [3.05, 3.63) is 53.9 Å². The summed E-state index contributed by atoms with van der Waals surface area (Å²) in [6.45, 7) is 7.10. The van der Waals surface area contributed by atoms with Gasteiger partial charge in [-0.15, -0.1) is 0 Å². The van der Waals surface area contributed by atoms with Crippen molar-refractivity contribution in [2.75, 3.05) is 0 Å². The van der Waals surface area contributed by atoms with Crippen molar-refractivity contribution in [3.8, 4) is 0 Å². The summed E-state index contributed by atoms with van der Waals surface area (Å²) in [5.74, 6) is 0. The van der Waals surface area contributed by atoms with Gasteiger partial charge in [0.05, 0.1) is 17.8 Å². The van der Waals surface area contributed by atoms with Crippen molar-refractivity contribution >= 4 is 17.3 Å². The second-order valence-electron chi connectivity index (χ2n) is 5.07. The second-order valence-corrected chi connectivity index (χ2v) is 5.48. The Bertz CT molecular complexity index is 579. The molecule has 0 fully saturated rings. The van der Waals surface area contributed by atoms with Crippen LogP contribution in [0.15, 0.2) is 42.6 Å². The zero-order valence-electron chi connectivity index (χ0n) is 12.7. The first-order valence-electron chi connectivity index (χ1n) is 7.25. The number of benzene rings is 1. The number of aromatic nitrogens is 2. The van der Waals surface area contributed by atoms with E-state index in [-0.39, 0.29) is 12.1 Å². The number of thiocarbonyl (C=S) groups is 1. The average Bonchev–Trinajstić information content (AvgIpc) is 2.97. The maximum absolute atomic E-state index is 5.38. The Hall–Kier alpha value is -1.88. The first-order chi connectivity index (χ1) is 10.1. The Balaban J connectivity index is 1.89. The molecule has 0 aliphatic carbocycles. The molecule has 1 aromatic heterocycles. The fourth-order valence-electron chi connectivity index (χ4n) is 2.12. The van der Waals surface area contributed by atoms with Crippen LogP contribution >= 0.6 is 12.2 Å². The van der Waals surface area contributed by atoms with E-state index in [0.29, 0.717) is 5.11 Å². The van der Waals surface area contributed by atoms with E-state index in [2.05, 4.69) is 48.6 Å². The zero-order chi connectivity index (χ0) is 15.2. The van der Waals surface area contributed by atoms with Crippen molar-refractivity contribution in [2.24, 2.45) is 0 Å². The number of hydrogen-bond donors (Lipinski definition) is 2. The third-order valence-corrected chi connectivity index (χ3v) is 3.66. The molecule has 21 heavy (non-hydrogen) atoms. The van der Waals surface area contributed by atoms with Crippen LogP contribution in [0.1, 0.15) is 44.1 Å². The molecule has 0 amide bonds. The van der Waals surface area contributed by atoms with Crippen molar-refractivity contribution in [1.29, 1.82) is 0 Å². The lowest BCUT2D eigenvalue weighted by atomic mass is 10.1. The molecule has 1 heterocycles. The monoisotopic (exact) mass is 302 g/mol. The van der Waals surface area contributed by atoms with Gasteiger partial charge in [-0.05, 0) is 44.6 Å². The lowest BCUT2D eigenvalue weighted by molar-refractivity contribution is 0.602. The Morgan fingerprint density at radius 1 is 1.14 bits per heavy atom. The SMILES string of the molecule is CCn1ccc(C(C)NC(=S)NC(C)c2ccccc2)n1. The van der Waals surface area contributed by atoms with E-state index in [1.165, 1.54) is 5.56 Å². The number of nitrogens with zero attached hydrogens (tertiary/aromatic N) is 2. The van der Waals surface area contributed by atoms with E-state index in [1.54, 1.807) is 0 Å². The van der Waals surface area contributed by atoms with Gasteiger partial charge in [-0.3, -0.25) is 4.68 Å². The van der Waals surface area contributed by atoms with E-state index in [1.807, 2.05) is 35.1 Å². The predicted molar refractivity (Wildman–Crippen MR) is 90.0 cm³/mol. The minimum absolute atomic E-state index is 0.0840. The number of rotatable bonds is 5. The second kappa shape index (κ2) is 7.22. The van der Waals surface area contributed by atoms with Crippen molar-refractivity contribution in [3.63, 3.8) is 0 Å². The largest absolute Gasteiger partial charge is 0.356 e. The minimum Gasteiger partial charge on any atom is -0.356 e. The first-order valence-corrected chi connectivity index (χ1v) is 7.66. The van der Waals surface area contributed by atoms with Crippen molar-refractivity contribution < 1.29 is 0 Å². The van der Waals surface area contributed by atoms with Crippen molar-refractivity contribution in [2.45, 2.75) is 39.4 Å². The molecule has 1 aromatic carbocycles. The maximum Gasteiger partial charge on any atom is 0.167 e. The highest BCUT2D eigenvalue weighted by atomic mass is 32.1. The van der Waals surface area contributed by atoms with E-state index >= 15 is 0 Å². The number of aryl methyl sites for hydroxylation is 1. The quantitative estimate of drug-likeness (QED) is 0.832. The summed E-state index contributed by atoms with van der Waals surface area (Å²) in [6.07, 6.45) is 1.98. The average molecular weight is 302 g/mol. The van der Waals surface area contributed by atoms with Crippen LogP contribution in [0.2, 0.25) is 0 Å². The molecule has 0 aliphatic rings. The third kappa shape index (κ3) is 4.29. The normalized spacial score (nSPS) is 13.5. The summed E-state index contributed by atoms with van der Waals surface area (Å²) in [5.41, 5.74) is 2.21. The van der Waals surface area contributed by atoms with Crippen LogP contribution in [0.4, 0.5) is 0 Å². The molecule has 0 saturated carbocycles. The van der Waals surface area contributed by atoms with Gasteiger partial charge in [-0.25, -0.2) is 0 Å². The molecule has 0 saturated heterocycles. The molecule has 2 aromatic rings. The highest BCUT2D eigenvalue weighted by Crippen LogP contribution is 2.12. The molecule has 2 rings (SSSR count). The Kier molecular flexibility index (Phi) is 5.33. The summed E-state index contributed by atoms with van der Waals surface area (Å²) in [6, 6.07) is 12.5. The molecular weight excluding hydrogens is 280 g/mol. The van der Waals surface area contributed by atoms with Crippen LogP contribution in [-0.2, 0) is 6.54 Å². The lowest BCUT2D eigenvalue weighted by Gasteiger charge is -2.20. The van der Waals surface area contributed by atoms with Gasteiger partial charge in [0.2, 0.25) is 0 Å². The van der Waals surface area contributed by atoms with Crippen LogP contribution in [0, 0.1) is 0 Å². The van der Waals surface area contributed by atoms with Crippen LogP contribution < -0.4 is 10.6 Å². The Morgan fingerprint density at radius 2 is 1.81 bits per heavy atom. The van der Waals surface area contributed by atoms with Gasteiger partial charge < -0.3 is 10.6 Å². The van der Waals surface area contributed by atoms with Crippen LogP contribution in [0.3, 0.4) is 0 Å². The van der Waals surface area contributed by atoms with E-state index < -0.39 is 0 Å². The fourth-order valence-corrected chi connectivity index (χ4v) is 2.47. The molecule has 2 atom stereocenters. The topological polar surface area (TPSA) is 41.9 Å². The summed E-state index contributed by atoms with van der Waals surface area (Å²) >= 11 is 5.38. The highest BCUT2D eigenvalue weighted by Gasteiger charge is 2.12. The number of nitrogens with one attached hydrogen (secondary N) is 2. The highest BCUT2D eigenvalue weighted by molar-refractivity contribution is 7.80. The van der Waals surface area contributed by atoms with Gasteiger partial charge in [0.15, 0.2) is 5.11 Å². The zero-order valence-corrected chi connectivity index (χ0v) is 13.5. The van der Waals surface area contributed by atoms with E-state index in [4.69, 9.17) is 12.2 Å². The molecule has 0 spiro atoms.